The molecule has 0 spiro atoms. The molecule has 0 fully saturated rings. The van der Waals surface area contributed by atoms with Gasteiger partial charge in [0.2, 0.25) is 0 Å². The van der Waals surface area contributed by atoms with Gasteiger partial charge in [0.05, 0.1) is 5.56 Å². The number of rotatable bonds is 5. The van der Waals surface area contributed by atoms with Crippen molar-refractivity contribution in [1.29, 1.82) is 0 Å². The van der Waals surface area contributed by atoms with E-state index in [0.717, 1.165) is 15.6 Å². The fourth-order valence-corrected chi connectivity index (χ4v) is 2.42. The average molecular weight is 385 g/mol. The van der Waals surface area contributed by atoms with Crippen molar-refractivity contribution >= 4 is 28.2 Å². The summed E-state index contributed by atoms with van der Waals surface area (Å²) in [5.41, 5.74) is 2.16. The third-order valence-electron chi connectivity index (χ3n) is 3.43. The average Bonchev–Trinajstić information content (AvgIpc) is 3.10. The van der Waals surface area contributed by atoms with Gasteiger partial charge in [-0.15, -0.1) is 0 Å². The second-order valence-corrected chi connectivity index (χ2v) is 6.02. The van der Waals surface area contributed by atoms with Crippen LogP contribution in [-0.4, -0.2) is 12.3 Å². The summed E-state index contributed by atoms with van der Waals surface area (Å²) in [7, 11) is 0. The van der Waals surface area contributed by atoms with Crippen LogP contribution in [0, 0.1) is 0 Å². The van der Waals surface area contributed by atoms with Crippen LogP contribution in [-0.2, 0) is 11.3 Å². The fourth-order valence-electron chi connectivity index (χ4n) is 2.15. The van der Waals surface area contributed by atoms with E-state index >= 15 is 0 Å². The van der Waals surface area contributed by atoms with E-state index in [1.54, 1.807) is 36.4 Å². The Balaban J connectivity index is 1.65. The van der Waals surface area contributed by atoms with Crippen molar-refractivity contribution < 1.29 is 18.7 Å². The monoisotopic (exact) mass is 384 g/mol. The largest absolute Gasteiger partial charge is 0.457 e. The summed E-state index contributed by atoms with van der Waals surface area (Å²) >= 11 is 3.36. The predicted octanol–water partition coefficient (Wildman–Crippen LogP) is 4.88. The Bertz CT molecular complexity index is 848. The van der Waals surface area contributed by atoms with Crippen molar-refractivity contribution in [3.8, 4) is 11.3 Å². The summed E-state index contributed by atoms with van der Waals surface area (Å²) in [5.74, 6) is 0.451. The van der Waals surface area contributed by atoms with Gasteiger partial charge >= 0.3 is 5.97 Å². The van der Waals surface area contributed by atoms with Gasteiger partial charge in [-0.05, 0) is 42.0 Å². The number of carbonyl (C=O) groups excluding carboxylic acids is 2. The van der Waals surface area contributed by atoms with Gasteiger partial charge in [-0.3, -0.25) is 4.79 Å². The zero-order valence-corrected chi connectivity index (χ0v) is 14.2. The molecule has 120 valence electrons. The molecule has 0 saturated carbocycles. The topological polar surface area (TPSA) is 56.5 Å². The van der Waals surface area contributed by atoms with Gasteiger partial charge in [-0.2, -0.15) is 0 Å². The van der Waals surface area contributed by atoms with Crippen LogP contribution in [0.2, 0.25) is 0 Å². The maximum atomic E-state index is 12.1. The molecule has 0 atom stereocenters. The van der Waals surface area contributed by atoms with Gasteiger partial charge in [0.25, 0.3) is 0 Å². The van der Waals surface area contributed by atoms with E-state index in [9.17, 15) is 9.59 Å². The zero-order valence-electron chi connectivity index (χ0n) is 12.6. The maximum Gasteiger partial charge on any atom is 0.338 e. The number of hydrogen-bond donors (Lipinski definition) is 0. The van der Waals surface area contributed by atoms with Gasteiger partial charge in [0.1, 0.15) is 12.4 Å². The molecule has 5 heteroatoms. The molecular formula is C19H13BrO4. The third kappa shape index (κ3) is 3.81. The lowest BCUT2D eigenvalue weighted by molar-refractivity contribution is 0.0472. The van der Waals surface area contributed by atoms with Crippen LogP contribution >= 0.6 is 15.9 Å². The quantitative estimate of drug-likeness (QED) is 0.464. The molecule has 2 aromatic carbocycles. The van der Waals surface area contributed by atoms with Gasteiger partial charge in [0, 0.05) is 10.0 Å². The SMILES string of the molecule is O=Cc1ccc(-c2ccc(C(=O)OCc3ccc(Br)cc3)cc2)o1. The van der Waals surface area contributed by atoms with Crippen LogP contribution in [0.5, 0.6) is 0 Å². The summed E-state index contributed by atoms with van der Waals surface area (Å²) in [4.78, 5) is 22.7. The second kappa shape index (κ2) is 7.27. The van der Waals surface area contributed by atoms with E-state index in [1.807, 2.05) is 24.3 Å². The van der Waals surface area contributed by atoms with Crippen LogP contribution in [0.4, 0.5) is 0 Å². The number of hydrogen-bond acceptors (Lipinski definition) is 4. The lowest BCUT2D eigenvalue weighted by Crippen LogP contribution is -2.05. The van der Waals surface area contributed by atoms with Crippen molar-refractivity contribution in [2.75, 3.05) is 0 Å². The smallest absolute Gasteiger partial charge is 0.338 e. The summed E-state index contributed by atoms with van der Waals surface area (Å²) in [6, 6.07) is 17.7. The first-order chi connectivity index (χ1) is 11.7. The number of halogens is 1. The van der Waals surface area contributed by atoms with Crippen molar-refractivity contribution in [3.05, 3.63) is 82.0 Å². The van der Waals surface area contributed by atoms with E-state index in [-0.39, 0.29) is 12.4 Å². The summed E-state index contributed by atoms with van der Waals surface area (Å²) < 4.78 is 11.6. The standard InChI is InChI=1S/C19H13BrO4/c20-16-7-1-13(2-8-16)12-23-19(22)15-5-3-14(4-6-15)18-10-9-17(11-21)24-18/h1-11H,12H2. The molecule has 0 unspecified atom stereocenters. The molecule has 0 amide bonds. The molecule has 0 N–H and O–H groups in total. The molecule has 3 rings (SSSR count). The van der Waals surface area contributed by atoms with Crippen LogP contribution < -0.4 is 0 Å². The van der Waals surface area contributed by atoms with Crippen LogP contribution in [0.15, 0.2) is 69.6 Å². The molecular weight excluding hydrogens is 372 g/mol. The summed E-state index contributed by atoms with van der Waals surface area (Å²) in [5, 5.41) is 0. The minimum Gasteiger partial charge on any atom is -0.457 e. The molecule has 1 heterocycles. The fraction of sp³-hybridized carbons (Fsp3) is 0.0526. The molecule has 0 radical (unpaired) electrons. The highest BCUT2D eigenvalue weighted by atomic mass is 79.9. The van der Waals surface area contributed by atoms with Gasteiger partial charge in [-0.25, -0.2) is 4.79 Å². The zero-order chi connectivity index (χ0) is 16.9. The van der Waals surface area contributed by atoms with Crippen molar-refractivity contribution in [1.82, 2.24) is 0 Å². The summed E-state index contributed by atoms with van der Waals surface area (Å²) in [6.07, 6.45) is 0.650. The van der Waals surface area contributed by atoms with E-state index in [1.165, 1.54) is 0 Å². The van der Waals surface area contributed by atoms with Gasteiger partial charge in [0.15, 0.2) is 12.0 Å². The number of furan rings is 1. The molecule has 4 nitrogen and oxygen atoms in total. The molecule has 24 heavy (non-hydrogen) atoms. The highest BCUT2D eigenvalue weighted by Gasteiger charge is 2.09. The van der Waals surface area contributed by atoms with Crippen LogP contribution in [0.3, 0.4) is 0 Å². The van der Waals surface area contributed by atoms with E-state index in [0.29, 0.717) is 17.6 Å². The van der Waals surface area contributed by atoms with E-state index in [4.69, 9.17) is 9.15 Å². The highest BCUT2D eigenvalue weighted by molar-refractivity contribution is 9.10. The van der Waals surface area contributed by atoms with Crippen molar-refractivity contribution in [3.63, 3.8) is 0 Å². The Morgan fingerprint density at radius 3 is 2.33 bits per heavy atom. The lowest BCUT2D eigenvalue weighted by atomic mass is 10.1. The molecule has 3 aromatic rings. The number of ether oxygens (including phenoxy) is 1. The molecule has 0 bridgehead atoms. The highest BCUT2D eigenvalue weighted by Crippen LogP contribution is 2.22. The van der Waals surface area contributed by atoms with Crippen LogP contribution in [0.1, 0.15) is 26.5 Å². The first-order valence-corrected chi connectivity index (χ1v) is 8.02. The van der Waals surface area contributed by atoms with Gasteiger partial charge < -0.3 is 9.15 Å². The molecule has 1 aromatic heterocycles. The third-order valence-corrected chi connectivity index (χ3v) is 3.96. The molecule has 0 aliphatic heterocycles. The maximum absolute atomic E-state index is 12.1. The number of aldehydes is 1. The number of carbonyl (C=O) groups is 2. The minimum absolute atomic E-state index is 0.217. The molecule has 0 saturated heterocycles. The first-order valence-electron chi connectivity index (χ1n) is 7.23. The van der Waals surface area contributed by atoms with Crippen LogP contribution in [0.25, 0.3) is 11.3 Å². The molecule has 0 aliphatic carbocycles. The molecule has 0 aliphatic rings. The summed E-state index contributed by atoms with van der Waals surface area (Å²) in [6.45, 7) is 0.217. The normalized spacial score (nSPS) is 10.4. The Labute approximate surface area is 147 Å². The number of benzene rings is 2. The predicted molar refractivity (Wildman–Crippen MR) is 92.8 cm³/mol. The van der Waals surface area contributed by atoms with Gasteiger partial charge in [-0.1, -0.05) is 40.2 Å². The Hall–Kier alpha value is -2.66. The Morgan fingerprint density at radius 1 is 1.00 bits per heavy atom. The lowest BCUT2D eigenvalue weighted by Gasteiger charge is -2.06. The second-order valence-electron chi connectivity index (χ2n) is 5.10. The first kappa shape index (κ1) is 16.2. The minimum atomic E-state index is -0.391. The van der Waals surface area contributed by atoms with E-state index < -0.39 is 5.97 Å². The van der Waals surface area contributed by atoms with Crippen molar-refractivity contribution in [2.24, 2.45) is 0 Å². The van der Waals surface area contributed by atoms with Crippen molar-refractivity contribution in [2.45, 2.75) is 6.61 Å². The number of esters is 1. The Kier molecular flexibility index (Phi) is 4.91. The Morgan fingerprint density at radius 2 is 1.71 bits per heavy atom. The van der Waals surface area contributed by atoms with E-state index in [2.05, 4.69) is 15.9 Å².